The second-order valence-corrected chi connectivity index (χ2v) is 9.65. The van der Waals surface area contributed by atoms with Gasteiger partial charge in [0, 0.05) is 48.4 Å². The molecule has 0 bridgehead atoms. The molecule has 0 saturated carbocycles. The molecule has 7 nitrogen and oxygen atoms in total. The fourth-order valence-electron chi connectivity index (χ4n) is 4.90. The number of benzene rings is 1. The van der Waals surface area contributed by atoms with Crippen molar-refractivity contribution in [2.75, 3.05) is 29.9 Å². The Labute approximate surface area is 209 Å². The molecule has 188 valence electrons. The van der Waals surface area contributed by atoms with Crippen LogP contribution < -0.4 is 20.3 Å². The number of allylic oxidation sites excluding steroid dienone is 2. The van der Waals surface area contributed by atoms with Crippen molar-refractivity contribution < 1.29 is 13.5 Å². The molecule has 2 N–H and O–H groups in total. The molecule has 3 heterocycles. The van der Waals surface area contributed by atoms with Crippen LogP contribution in [0, 0.1) is 11.6 Å². The Morgan fingerprint density at radius 2 is 1.92 bits per heavy atom. The monoisotopic (exact) mass is 492 g/mol. The normalized spacial score (nSPS) is 21.4. The third-order valence-corrected chi connectivity index (χ3v) is 6.34. The van der Waals surface area contributed by atoms with E-state index in [1.807, 2.05) is 38.1 Å². The summed E-state index contributed by atoms with van der Waals surface area (Å²) < 4.78 is 35.8. The number of nitrogens with zero attached hydrogens (tertiary/aromatic N) is 4. The van der Waals surface area contributed by atoms with Gasteiger partial charge in [0.15, 0.2) is 11.6 Å². The largest absolute Gasteiger partial charge is 0.421 e. The maximum absolute atomic E-state index is 15.3. The zero-order valence-corrected chi connectivity index (χ0v) is 20.9. The number of aromatic nitrogens is 2. The number of ether oxygens (including phenoxy) is 1. The van der Waals surface area contributed by atoms with E-state index in [4.69, 9.17) is 4.74 Å². The average molecular weight is 493 g/mol. The molecule has 1 fully saturated rings. The summed E-state index contributed by atoms with van der Waals surface area (Å²) in [5.74, 6) is 0.401. The van der Waals surface area contributed by atoms with Crippen LogP contribution in [0.2, 0.25) is 0 Å². The van der Waals surface area contributed by atoms with Gasteiger partial charge in [0.05, 0.1) is 6.54 Å². The first-order valence-corrected chi connectivity index (χ1v) is 12.2. The van der Waals surface area contributed by atoms with Gasteiger partial charge in [-0.25, -0.2) is 8.78 Å². The van der Waals surface area contributed by atoms with E-state index >= 15 is 4.39 Å². The summed E-state index contributed by atoms with van der Waals surface area (Å²) in [6.45, 7) is 10.1. The number of nitrogens with one attached hydrogen (secondary N) is 2. The molecule has 0 amide bonds. The number of aliphatic imine (C=N–C) groups is 1. The van der Waals surface area contributed by atoms with Gasteiger partial charge < -0.3 is 20.3 Å². The van der Waals surface area contributed by atoms with E-state index in [1.165, 1.54) is 0 Å². The van der Waals surface area contributed by atoms with Crippen LogP contribution in [-0.2, 0) is 6.42 Å². The van der Waals surface area contributed by atoms with Gasteiger partial charge in [-0.2, -0.15) is 9.97 Å². The summed E-state index contributed by atoms with van der Waals surface area (Å²) in [5.41, 5.74) is 2.55. The van der Waals surface area contributed by atoms with Gasteiger partial charge >= 0.3 is 6.01 Å². The number of piperazine rings is 1. The van der Waals surface area contributed by atoms with Crippen LogP contribution in [0.3, 0.4) is 0 Å². The van der Waals surface area contributed by atoms with E-state index in [1.54, 1.807) is 6.08 Å². The lowest BCUT2D eigenvalue weighted by atomic mass is 10.1. The summed E-state index contributed by atoms with van der Waals surface area (Å²) >= 11 is 0. The van der Waals surface area contributed by atoms with Crippen LogP contribution in [-0.4, -0.2) is 47.5 Å². The summed E-state index contributed by atoms with van der Waals surface area (Å²) in [4.78, 5) is 15.7. The Morgan fingerprint density at radius 3 is 2.67 bits per heavy atom. The molecular weight excluding hydrogens is 462 g/mol. The standard InChI is InChI=1S/C27H30F2N6O/c1-5-6-18-9-23(30-12-18)32-24-11-25(35-13-16(3)31-17(4)14-35)34-27(33-24)36-22-10-21(28)19-7-15(2)8-20(19)26(22)29/h5-6,8-11,16-17,31H,7,12-14H2,1-4H3,(H,30,32,33,34)/b6-5+/t16-,17+. The van der Waals surface area contributed by atoms with Gasteiger partial charge in [0.25, 0.3) is 0 Å². The minimum atomic E-state index is -0.615. The molecule has 1 saturated heterocycles. The number of fused-ring (bicyclic) bond motifs is 1. The van der Waals surface area contributed by atoms with E-state index in [-0.39, 0.29) is 29.4 Å². The van der Waals surface area contributed by atoms with Crippen molar-refractivity contribution in [1.82, 2.24) is 15.3 Å². The van der Waals surface area contributed by atoms with Crippen molar-refractivity contribution in [3.63, 3.8) is 0 Å². The topological polar surface area (TPSA) is 74.7 Å². The predicted molar refractivity (Wildman–Crippen MR) is 139 cm³/mol. The third kappa shape index (κ3) is 5.02. The number of amidine groups is 1. The minimum Gasteiger partial charge on any atom is -0.421 e. The Kier molecular flexibility index (Phi) is 6.57. The maximum Gasteiger partial charge on any atom is 0.326 e. The van der Waals surface area contributed by atoms with Crippen molar-refractivity contribution in [3.05, 3.63) is 64.3 Å². The molecule has 1 aromatic carbocycles. The zero-order valence-electron chi connectivity index (χ0n) is 20.9. The molecule has 0 spiro atoms. The van der Waals surface area contributed by atoms with Gasteiger partial charge in [0.1, 0.15) is 23.3 Å². The molecular formula is C27H30F2N6O. The maximum atomic E-state index is 15.3. The first kappa shape index (κ1) is 24.1. The van der Waals surface area contributed by atoms with Crippen LogP contribution in [0.25, 0.3) is 6.08 Å². The van der Waals surface area contributed by atoms with Crippen LogP contribution in [0.5, 0.6) is 11.8 Å². The molecule has 0 unspecified atom stereocenters. The highest BCUT2D eigenvalue weighted by atomic mass is 19.1. The second-order valence-electron chi connectivity index (χ2n) is 9.65. The molecule has 2 aliphatic heterocycles. The molecule has 36 heavy (non-hydrogen) atoms. The first-order chi connectivity index (χ1) is 17.3. The highest BCUT2D eigenvalue weighted by Gasteiger charge is 2.26. The predicted octanol–water partition coefficient (Wildman–Crippen LogP) is 5.02. The molecule has 9 heteroatoms. The van der Waals surface area contributed by atoms with Crippen LogP contribution in [0.15, 0.2) is 46.5 Å². The smallest absolute Gasteiger partial charge is 0.326 e. The number of hydrogen-bond donors (Lipinski definition) is 2. The first-order valence-electron chi connectivity index (χ1n) is 12.2. The number of hydrogen-bond acceptors (Lipinski definition) is 7. The fourth-order valence-corrected chi connectivity index (χ4v) is 4.90. The molecule has 1 aromatic heterocycles. The summed E-state index contributed by atoms with van der Waals surface area (Å²) in [7, 11) is 0. The van der Waals surface area contributed by atoms with E-state index in [2.05, 4.69) is 44.3 Å². The van der Waals surface area contributed by atoms with Gasteiger partial charge in [-0.05, 0) is 45.8 Å². The molecule has 5 rings (SSSR count). The number of anilines is 2. The lowest BCUT2D eigenvalue weighted by molar-refractivity contribution is 0.394. The Bertz CT molecular complexity index is 1310. The van der Waals surface area contributed by atoms with Crippen molar-refractivity contribution in [1.29, 1.82) is 0 Å². The van der Waals surface area contributed by atoms with Gasteiger partial charge in [-0.3, -0.25) is 4.99 Å². The Morgan fingerprint density at radius 1 is 1.14 bits per heavy atom. The highest BCUT2D eigenvalue weighted by Crippen LogP contribution is 2.36. The Hall–Kier alpha value is -3.59. The van der Waals surface area contributed by atoms with E-state index < -0.39 is 11.6 Å². The summed E-state index contributed by atoms with van der Waals surface area (Å²) in [5, 5.41) is 6.72. The van der Waals surface area contributed by atoms with Crippen molar-refractivity contribution in [2.24, 2.45) is 4.99 Å². The van der Waals surface area contributed by atoms with Gasteiger partial charge in [0.2, 0.25) is 0 Å². The fraction of sp³-hybridized carbons (Fsp3) is 0.370. The molecule has 0 radical (unpaired) electrons. The van der Waals surface area contributed by atoms with E-state index in [0.29, 0.717) is 36.0 Å². The third-order valence-electron chi connectivity index (χ3n) is 6.34. The molecule has 2 atom stereocenters. The van der Waals surface area contributed by atoms with Crippen LogP contribution in [0.4, 0.5) is 20.4 Å². The summed E-state index contributed by atoms with van der Waals surface area (Å²) in [6, 6.07) is 3.35. The Balaban J connectivity index is 1.49. The van der Waals surface area contributed by atoms with Crippen molar-refractivity contribution >= 4 is 23.5 Å². The van der Waals surface area contributed by atoms with Crippen LogP contribution >= 0.6 is 0 Å². The van der Waals surface area contributed by atoms with E-state index in [9.17, 15) is 4.39 Å². The van der Waals surface area contributed by atoms with Crippen molar-refractivity contribution in [2.45, 2.75) is 46.2 Å². The zero-order chi connectivity index (χ0) is 25.4. The second kappa shape index (κ2) is 9.81. The molecule has 3 aliphatic rings. The minimum absolute atomic E-state index is 0.0676. The molecule has 1 aliphatic carbocycles. The molecule has 2 aromatic rings. The van der Waals surface area contributed by atoms with Crippen molar-refractivity contribution in [3.8, 4) is 11.8 Å². The van der Waals surface area contributed by atoms with Gasteiger partial charge in [-0.1, -0.05) is 23.8 Å². The summed E-state index contributed by atoms with van der Waals surface area (Å²) in [6.07, 6.45) is 7.96. The SMILES string of the molecule is C/C=C/C1=CC(Nc2cc(N3C[C@@H](C)N[C@@H](C)C3)nc(Oc3cc(F)c4c(c3F)C=C(C)C4)n2)=NC1. The number of halogens is 2. The lowest BCUT2D eigenvalue weighted by Gasteiger charge is -2.37. The highest BCUT2D eigenvalue weighted by molar-refractivity contribution is 6.05. The van der Waals surface area contributed by atoms with Crippen LogP contribution in [0.1, 0.15) is 38.8 Å². The van der Waals surface area contributed by atoms with Gasteiger partial charge in [-0.15, -0.1) is 0 Å². The van der Waals surface area contributed by atoms with E-state index in [0.717, 1.165) is 30.3 Å². The quantitative estimate of drug-likeness (QED) is 0.611. The lowest BCUT2D eigenvalue weighted by Crippen LogP contribution is -2.54. The average Bonchev–Trinajstić information content (AvgIpc) is 3.43. The number of rotatable bonds is 5.